The lowest BCUT2D eigenvalue weighted by atomic mass is 10.1. The Morgan fingerprint density at radius 1 is 1.27 bits per heavy atom. The van der Waals surface area contributed by atoms with Gasteiger partial charge in [0.2, 0.25) is 5.91 Å². The van der Waals surface area contributed by atoms with Gasteiger partial charge in [-0.1, -0.05) is 35.0 Å². The number of rotatable bonds is 5. The van der Waals surface area contributed by atoms with Crippen LogP contribution in [-0.2, 0) is 9.59 Å². The van der Waals surface area contributed by atoms with E-state index in [0.29, 0.717) is 18.7 Å². The van der Waals surface area contributed by atoms with E-state index in [1.165, 1.54) is 0 Å². The molecule has 0 aromatic heterocycles. The van der Waals surface area contributed by atoms with Crippen molar-refractivity contribution in [3.63, 3.8) is 0 Å². The molecule has 0 aliphatic carbocycles. The maximum atomic E-state index is 12.6. The number of carbonyl (C=O) groups is 2. The number of halogens is 1. The van der Waals surface area contributed by atoms with Crippen molar-refractivity contribution in [2.75, 3.05) is 16.8 Å². The van der Waals surface area contributed by atoms with E-state index < -0.39 is 6.10 Å². The molecular formula is C20H21BrN2O3. The maximum absolute atomic E-state index is 12.6. The van der Waals surface area contributed by atoms with Gasteiger partial charge in [-0.2, -0.15) is 0 Å². The smallest absolute Gasteiger partial charge is 0.268 e. The molecule has 1 aliphatic rings. The Balaban J connectivity index is 1.70. The van der Waals surface area contributed by atoms with E-state index in [1.807, 2.05) is 56.3 Å². The zero-order valence-corrected chi connectivity index (χ0v) is 16.4. The number of nitrogens with zero attached hydrogens (tertiary/aromatic N) is 1. The molecule has 136 valence electrons. The Labute approximate surface area is 161 Å². The van der Waals surface area contributed by atoms with Gasteiger partial charge in [0, 0.05) is 23.1 Å². The molecule has 1 N–H and O–H groups in total. The van der Waals surface area contributed by atoms with Crippen molar-refractivity contribution in [1.82, 2.24) is 0 Å². The minimum Gasteiger partial charge on any atom is -0.478 e. The van der Waals surface area contributed by atoms with E-state index in [9.17, 15) is 9.59 Å². The van der Waals surface area contributed by atoms with Crippen molar-refractivity contribution in [3.05, 3.63) is 52.5 Å². The summed E-state index contributed by atoms with van der Waals surface area (Å²) in [6, 6.07) is 13.1. The summed E-state index contributed by atoms with van der Waals surface area (Å²) in [7, 11) is 0. The number of ether oxygens (including phenoxy) is 1. The van der Waals surface area contributed by atoms with Gasteiger partial charge >= 0.3 is 0 Å². The molecule has 1 aliphatic heterocycles. The largest absolute Gasteiger partial charge is 0.478 e. The first-order chi connectivity index (χ1) is 12.5. The minimum atomic E-state index is -0.498. The average molecular weight is 417 g/mol. The molecule has 0 saturated carbocycles. The van der Waals surface area contributed by atoms with Crippen molar-refractivity contribution in [1.29, 1.82) is 0 Å². The van der Waals surface area contributed by atoms with Crippen LogP contribution in [0.3, 0.4) is 0 Å². The summed E-state index contributed by atoms with van der Waals surface area (Å²) >= 11 is 3.41. The molecule has 2 aromatic rings. The minimum absolute atomic E-state index is 0.0983. The van der Waals surface area contributed by atoms with Gasteiger partial charge in [0.1, 0.15) is 5.75 Å². The second-order valence-electron chi connectivity index (χ2n) is 6.23. The number of nitrogens with one attached hydrogen (secondary N) is 1. The lowest BCUT2D eigenvalue weighted by molar-refractivity contribution is -0.126. The van der Waals surface area contributed by atoms with Gasteiger partial charge < -0.3 is 15.0 Å². The second-order valence-corrected chi connectivity index (χ2v) is 7.15. The van der Waals surface area contributed by atoms with Gasteiger partial charge in [0.05, 0.1) is 5.69 Å². The third-order valence-corrected chi connectivity index (χ3v) is 4.86. The summed E-state index contributed by atoms with van der Waals surface area (Å²) in [6.07, 6.45) is 0.307. The summed E-state index contributed by atoms with van der Waals surface area (Å²) in [5.74, 6) is 0.460. The molecule has 0 bridgehead atoms. The van der Waals surface area contributed by atoms with Crippen LogP contribution in [0.2, 0.25) is 0 Å². The molecule has 3 rings (SSSR count). The van der Waals surface area contributed by atoms with Gasteiger partial charge in [-0.25, -0.2) is 0 Å². The van der Waals surface area contributed by atoms with Crippen molar-refractivity contribution >= 4 is 39.1 Å². The highest BCUT2D eigenvalue weighted by Crippen LogP contribution is 2.34. The molecule has 0 fully saturated rings. The van der Waals surface area contributed by atoms with Crippen molar-refractivity contribution < 1.29 is 14.3 Å². The van der Waals surface area contributed by atoms with Crippen LogP contribution in [0.5, 0.6) is 5.75 Å². The molecule has 2 aromatic carbocycles. The second kappa shape index (κ2) is 7.91. The molecule has 6 heteroatoms. The molecule has 2 amide bonds. The van der Waals surface area contributed by atoms with Crippen LogP contribution in [0.15, 0.2) is 46.9 Å². The Morgan fingerprint density at radius 3 is 2.77 bits per heavy atom. The zero-order chi connectivity index (χ0) is 18.7. The van der Waals surface area contributed by atoms with Crippen LogP contribution in [-0.4, -0.2) is 24.5 Å². The number of hydrogen-bond acceptors (Lipinski definition) is 3. The van der Waals surface area contributed by atoms with E-state index >= 15 is 0 Å². The summed E-state index contributed by atoms with van der Waals surface area (Å²) in [4.78, 5) is 26.7. The van der Waals surface area contributed by atoms with E-state index in [1.54, 1.807) is 4.90 Å². The first-order valence-corrected chi connectivity index (χ1v) is 9.42. The topological polar surface area (TPSA) is 58.6 Å². The molecule has 0 saturated heterocycles. The van der Waals surface area contributed by atoms with Gasteiger partial charge in [-0.05, 0) is 49.2 Å². The van der Waals surface area contributed by atoms with Crippen LogP contribution < -0.4 is 15.0 Å². The Hall–Kier alpha value is -2.34. The molecule has 0 spiro atoms. The van der Waals surface area contributed by atoms with Gasteiger partial charge in [-0.15, -0.1) is 0 Å². The predicted octanol–water partition coefficient (Wildman–Crippen LogP) is 4.29. The molecule has 26 heavy (non-hydrogen) atoms. The highest BCUT2D eigenvalue weighted by atomic mass is 79.9. The van der Waals surface area contributed by atoms with E-state index in [2.05, 4.69) is 21.2 Å². The summed E-state index contributed by atoms with van der Waals surface area (Å²) in [6.45, 7) is 4.17. The standard InChI is InChI=1S/C20H21BrN2O3/c1-3-17-20(25)23(16-6-4-5-7-18(16)26-17)11-10-19(24)22-15-9-8-14(21)12-13(15)2/h4-9,12,17H,3,10-11H2,1-2H3,(H,22,24). The van der Waals surface area contributed by atoms with Gasteiger partial charge in [0.15, 0.2) is 6.10 Å². The molecule has 5 nitrogen and oxygen atoms in total. The van der Waals surface area contributed by atoms with Crippen LogP contribution in [0.4, 0.5) is 11.4 Å². The molecule has 1 atom stereocenters. The number of anilines is 2. The molecule has 1 heterocycles. The van der Waals surface area contributed by atoms with Crippen molar-refractivity contribution in [3.8, 4) is 5.75 Å². The van der Waals surface area contributed by atoms with Gasteiger partial charge in [0.25, 0.3) is 5.91 Å². The number of carbonyl (C=O) groups excluding carboxylic acids is 2. The monoisotopic (exact) mass is 416 g/mol. The first-order valence-electron chi connectivity index (χ1n) is 8.62. The van der Waals surface area contributed by atoms with Crippen molar-refractivity contribution in [2.45, 2.75) is 32.8 Å². The lowest BCUT2D eigenvalue weighted by Crippen LogP contribution is -2.46. The van der Waals surface area contributed by atoms with Gasteiger partial charge in [-0.3, -0.25) is 9.59 Å². The number of aryl methyl sites for hydroxylation is 1. The van der Waals surface area contributed by atoms with Crippen LogP contribution in [0, 0.1) is 6.92 Å². The number of amides is 2. The SMILES string of the molecule is CCC1Oc2ccccc2N(CCC(=O)Nc2ccc(Br)cc2C)C1=O. The van der Waals surface area contributed by atoms with E-state index in [0.717, 1.165) is 21.4 Å². The van der Waals surface area contributed by atoms with E-state index in [4.69, 9.17) is 4.74 Å². The number of fused-ring (bicyclic) bond motifs is 1. The third kappa shape index (κ3) is 3.90. The summed E-state index contributed by atoms with van der Waals surface area (Å²) < 4.78 is 6.72. The highest BCUT2D eigenvalue weighted by molar-refractivity contribution is 9.10. The number of benzene rings is 2. The lowest BCUT2D eigenvalue weighted by Gasteiger charge is -2.34. The summed E-state index contributed by atoms with van der Waals surface area (Å²) in [5, 5.41) is 2.91. The zero-order valence-electron chi connectivity index (χ0n) is 14.8. The highest BCUT2D eigenvalue weighted by Gasteiger charge is 2.33. The van der Waals surface area contributed by atoms with E-state index in [-0.39, 0.29) is 18.2 Å². The van der Waals surface area contributed by atoms with Crippen molar-refractivity contribution in [2.24, 2.45) is 0 Å². The fourth-order valence-electron chi connectivity index (χ4n) is 2.96. The predicted molar refractivity (Wildman–Crippen MR) is 106 cm³/mol. The Kier molecular flexibility index (Phi) is 5.61. The average Bonchev–Trinajstić information content (AvgIpc) is 2.63. The summed E-state index contributed by atoms with van der Waals surface area (Å²) in [5.41, 5.74) is 2.47. The first kappa shape index (κ1) is 18.5. The van der Waals surface area contributed by atoms with Crippen LogP contribution in [0.1, 0.15) is 25.3 Å². The fourth-order valence-corrected chi connectivity index (χ4v) is 3.43. The number of para-hydroxylation sites is 2. The van der Waals surface area contributed by atoms with Crippen LogP contribution >= 0.6 is 15.9 Å². The quantitative estimate of drug-likeness (QED) is 0.790. The third-order valence-electron chi connectivity index (χ3n) is 4.36. The molecule has 0 radical (unpaired) electrons. The Morgan fingerprint density at radius 2 is 2.04 bits per heavy atom. The number of hydrogen-bond donors (Lipinski definition) is 1. The fraction of sp³-hybridized carbons (Fsp3) is 0.300. The molecular weight excluding hydrogens is 396 g/mol. The maximum Gasteiger partial charge on any atom is 0.268 e. The molecule has 1 unspecified atom stereocenters. The Bertz CT molecular complexity index is 838. The van der Waals surface area contributed by atoms with Crippen LogP contribution in [0.25, 0.3) is 0 Å². The normalized spacial score (nSPS) is 16.0.